The molecule has 2 N–H and O–H groups in total. The average Bonchev–Trinajstić information content (AvgIpc) is 3.08. The van der Waals surface area contributed by atoms with Crippen LogP contribution in [0.2, 0.25) is 10.0 Å². The number of carbonyl (C=O) groups is 4. The fraction of sp³-hybridized carbons (Fsp3) is 0.375. The Morgan fingerprint density at radius 3 is 2.62 bits per heavy atom. The first-order chi connectivity index (χ1) is 16.3. The summed E-state index contributed by atoms with van der Waals surface area (Å²) in [5.74, 6) is -1.14. The number of fused-ring (bicyclic) bond motifs is 1. The van der Waals surface area contributed by atoms with Crippen LogP contribution in [0, 0.1) is 5.92 Å². The number of nitrogens with zero attached hydrogens (tertiary/aromatic N) is 2. The highest BCUT2D eigenvalue weighted by molar-refractivity contribution is 6.34. The van der Waals surface area contributed by atoms with Crippen LogP contribution in [0.15, 0.2) is 30.5 Å². The summed E-state index contributed by atoms with van der Waals surface area (Å²) in [6.45, 7) is 0.207. The number of piperidine rings is 1. The summed E-state index contributed by atoms with van der Waals surface area (Å²) in [6.07, 6.45) is 5.00. The van der Waals surface area contributed by atoms with Crippen LogP contribution in [0.4, 0.5) is 0 Å². The Kier molecular flexibility index (Phi) is 6.04. The highest BCUT2D eigenvalue weighted by Gasteiger charge is 2.39. The molecule has 4 amide bonds. The quantitative estimate of drug-likeness (QED) is 0.611. The van der Waals surface area contributed by atoms with Gasteiger partial charge in [0.05, 0.1) is 21.8 Å². The minimum atomic E-state index is -0.698. The van der Waals surface area contributed by atoms with Crippen LogP contribution in [-0.4, -0.2) is 39.6 Å². The van der Waals surface area contributed by atoms with Gasteiger partial charge in [-0.05, 0) is 55.0 Å². The van der Waals surface area contributed by atoms with Crippen LogP contribution in [-0.2, 0) is 16.1 Å². The van der Waals surface area contributed by atoms with Crippen LogP contribution < -0.4 is 10.6 Å². The van der Waals surface area contributed by atoms with E-state index in [2.05, 4.69) is 15.6 Å². The van der Waals surface area contributed by atoms with E-state index in [0.29, 0.717) is 32.4 Å². The van der Waals surface area contributed by atoms with E-state index in [4.69, 9.17) is 23.2 Å². The van der Waals surface area contributed by atoms with Gasteiger partial charge in [0, 0.05) is 30.3 Å². The van der Waals surface area contributed by atoms with Gasteiger partial charge in [-0.2, -0.15) is 0 Å². The summed E-state index contributed by atoms with van der Waals surface area (Å²) in [6, 6.07) is 5.48. The fourth-order valence-electron chi connectivity index (χ4n) is 4.78. The van der Waals surface area contributed by atoms with Crippen molar-refractivity contribution in [2.75, 3.05) is 0 Å². The summed E-state index contributed by atoms with van der Waals surface area (Å²) in [7, 11) is 0. The van der Waals surface area contributed by atoms with Gasteiger partial charge in [0.1, 0.15) is 6.04 Å². The van der Waals surface area contributed by atoms with Crippen molar-refractivity contribution >= 4 is 46.8 Å². The molecule has 5 rings (SSSR count). The minimum Gasteiger partial charge on any atom is -0.343 e. The largest absolute Gasteiger partial charge is 0.343 e. The Balaban J connectivity index is 1.35. The Hall–Kier alpha value is -2.97. The summed E-state index contributed by atoms with van der Waals surface area (Å²) in [5, 5.41) is 6.19. The zero-order valence-corrected chi connectivity index (χ0v) is 19.7. The topological polar surface area (TPSA) is 108 Å². The third kappa shape index (κ3) is 4.16. The molecule has 1 saturated carbocycles. The van der Waals surface area contributed by atoms with E-state index in [-0.39, 0.29) is 49.1 Å². The van der Waals surface area contributed by atoms with Gasteiger partial charge in [-0.1, -0.05) is 29.6 Å². The van der Waals surface area contributed by atoms with Crippen molar-refractivity contribution in [1.82, 2.24) is 20.5 Å². The first-order valence-electron chi connectivity index (χ1n) is 11.2. The van der Waals surface area contributed by atoms with Crippen molar-refractivity contribution in [3.8, 4) is 0 Å². The lowest BCUT2D eigenvalue weighted by atomic mass is 9.78. The Morgan fingerprint density at radius 1 is 1.15 bits per heavy atom. The van der Waals surface area contributed by atoms with E-state index in [1.807, 2.05) is 0 Å². The maximum absolute atomic E-state index is 13.2. The predicted molar refractivity (Wildman–Crippen MR) is 124 cm³/mol. The molecule has 3 aliphatic rings. The van der Waals surface area contributed by atoms with Crippen molar-refractivity contribution in [1.29, 1.82) is 0 Å². The van der Waals surface area contributed by atoms with Crippen LogP contribution in [0.1, 0.15) is 70.1 Å². The monoisotopic (exact) mass is 500 g/mol. The first kappa shape index (κ1) is 22.8. The zero-order chi connectivity index (χ0) is 24.0. The summed E-state index contributed by atoms with van der Waals surface area (Å²) >= 11 is 12.4. The molecule has 8 nitrogen and oxygen atoms in total. The number of nitrogens with one attached hydrogen (secondary N) is 2. The zero-order valence-electron chi connectivity index (χ0n) is 18.1. The smallest absolute Gasteiger partial charge is 0.255 e. The highest BCUT2D eigenvalue weighted by Crippen LogP contribution is 2.40. The molecular weight excluding hydrogens is 479 g/mol. The number of hydrogen-bond acceptors (Lipinski definition) is 5. The third-order valence-electron chi connectivity index (χ3n) is 6.82. The Bertz CT molecular complexity index is 1210. The number of halogens is 2. The second-order valence-corrected chi connectivity index (χ2v) is 9.78. The minimum absolute atomic E-state index is 0.189. The highest BCUT2D eigenvalue weighted by atomic mass is 35.5. The van der Waals surface area contributed by atoms with Gasteiger partial charge in [0.25, 0.3) is 11.8 Å². The molecule has 0 unspecified atom stereocenters. The van der Waals surface area contributed by atoms with Gasteiger partial charge in [0.15, 0.2) is 0 Å². The Labute approximate surface area is 206 Å². The van der Waals surface area contributed by atoms with Crippen molar-refractivity contribution in [3.63, 3.8) is 0 Å². The molecule has 2 fully saturated rings. The number of hydrogen-bond donors (Lipinski definition) is 2. The standard InChI is InChI=1S/C24H22Cl2N4O4/c25-15-9-17(26)21(27-10-15)20(12-2-1-3-12)29-22(32)13-4-5-16-14(8-13)11-30(24(16)34)18-6-7-19(31)28-23(18)33/h4-5,8-10,12,18,20H,1-3,6-7,11H2,(H,29,32)(H,28,31,33)/t18-,20-/m0/s1. The van der Waals surface area contributed by atoms with E-state index >= 15 is 0 Å². The molecule has 3 heterocycles. The molecule has 0 bridgehead atoms. The maximum atomic E-state index is 13.2. The number of imide groups is 1. The van der Waals surface area contributed by atoms with Crippen molar-refractivity contribution < 1.29 is 19.2 Å². The molecule has 1 aliphatic carbocycles. The molecule has 2 atom stereocenters. The second-order valence-electron chi connectivity index (χ2n) is 8.93. The summed E-state index contributed by atoms with van der Waals surface area (Å²) < 4.78 is 0. The van der Waals surface area contributed by atoms with E-state index in [1.54, 1.807) is 24.3 Å². The lowest BCUT2D eigenvalue weighted by molar-refractivity contribution is -0.136. The normalized spacial score (nSPS) is 21.1. The Morgan fingerprint density at radius 2 is 1.94 bits per heavy atom. The number of amides is 4. The molecule has 2 aliphatic heterocycles. The van der Waals surface area contributed by atoms with Crippen LogP contribution in [0.3, 0.4) is 0 Å². The first-order valence-corrected chi connectivity index (χ1v) is 12.0. The molecule has 176 valence electrons. The van der Waals surface area contributed by atoms with E-state index in [9.17, 15) is 19.2 Å². The molecule has 10 heteroatoms. The molecule has 1 aromatic carbocycles. The number of aromatic nitrogens is 1. The molecule has 1 aromatic heterocycles. The lowest BCUT2D eigenvalue weighted by Crippen LogP contribution is -2.52. The van der Waals surface area contributed by atoms with Crippen LogP contribution in [0.5, 0.6) is 0 Å². The SMILES string of the molecule is O=C1CC[C@H](N2Cc3cc(C(=O)N[C@H](c4ncc(Cl)cc4Cl)C4CCC4)ccc3C2=O)C(=O)N1. The number of rotatable bonds is 5. The van der Waals surface area contributed by atoms with Gasteiger partial charge in [0.2, 0.25) is 11.8 Å². The van der Waals surface area contributed by atoms with E-state index < -0.39 is 11.9 Å². The van der Waals surface area contributed by atoms with Gasteiger partial charge in [-0.3, -0.25) is 29.5 Å². The van der Waals surface area contributed by atoms with Crippen molar-refractivity contribution in [2.45, 2.75) is 50.7 Å². The molecule has 34 heavy (non-hydrogen) atoms. The van der Waals surface area contributed by atoms with Gasteiger partial charge >= 0.3 is 0 Å². The summed E-state index contributed by atoms with van der Waals surface area (Å²) in [4.78, 5) is 55.6. The molecule has 0 spiro atoms. The molecular formula is C24H22Cl2N4O4. The van der Waals surface area contributed by atoms with Gasteiger partial charge < -0.3 is 10.2 Å². The van der Waals surface area contributed by atoms with E-state index in [0.717, 1.165) is 19.3 Å². The van der Waals surface area contributed by atoms with Crippen molar-refractivity contribution in [3.05, 3.63) is 62.9 Å². The molecule has 2 aromatic rings. The predicted octanol–water partition coefficient (Wildman–Crippen LogP) is 3.42. The number of benzene rings is 1. The van der Waals surface area contributed by atoms with Crippen LogP contribution >= 0.6 is 23.2 Å². The molecule has 1 saturated heterocycles. The molecule has 0 radical (unpaired) electrons. The lowest BCUT2D eigenvalue weighted by Gasteiger charge is -2.34. The number of carbonyl (C=O) groups excluding carboxylic acids is 4. The third-order valence-corrected chi connectivity index (χ3v) is 7.33. The summed E-state index contributed by atoms with van der Waals surface area (Å²) in [5.41, 5.74) is 2.12. The second kappa shape index (κ2) is 9.00. The van der Waals surface area contributed by atoms with Crippen LogP contribution in [0.25, 0.3) is 0 Å². The van der Waals surface area contributed by atoms with E-state index in [1.165, 1.54) is 11.1 Å². The fourth-order valence-corrected chi connectivity index (χ4v) is 5.27. The number of pyridine rings is 1. The van der Waals surface area contributed by atoms with Crippen molar-refractivity contribution in [2.24, 2.45) is 5.92 Å². The maximum Gasteiger partial charge on any atom is 0.255 e. The van der Waals surface area contributed by atoms with Gasteiger partial charge in [-0.25, -0.2) is 0 Å². The van der Waals surface area contributed by atoms with Gasteiger partial charge in [-0.15, -0.1) is 0 Å². The average molecular weight is 501 g/mol.